The number of hydrogen-bond acceptors (Lipinski definition) is 5. The molecule has 0 saturated carbocycles. The van der Waals surface area contributed by atoms with Crippen LogP contribution in [-0.4, -0.2) is 51.0 Å². The lowest BCUT2D eigenvalue weighted by atomic mass is 10.0. The first-order chi connectivity index (χ1) is 15.9. The van der Waals surface area contributed by atoms with E-state index in [4.69, 9.17) is 9.47 Å². The Labute approximate surface area is 194 Å². The fourth-order valence-corrected chi connectivity index (χ4v) is 4.97. The van der Waals surface area contributed by atoms with Gasteiger partial charge in [-0.3, -0.25) is 4.79 Å². The van der Waals surface area contributed by atoms with Gasteiger partial charge in [0.1, 0.15) is 5.75 Å². The van der Waals surface area contributed by atoms with Crippen molar-refractivity contribution in [2.24, 2.45) is 0 Å². The van der Waals surface area contributed by atoms with E-state index in [-0.39, 0.29) is 10.8 Å². The third-order valence-electron chi connectivity index (χ3n) is 5.37. The van der Waals surface area contributed by atoms with Crippen LogP contribution in [0.4, 0.5) is 5.69 Å². The van der Waals surface area contributed by atoms with Crippen LogP contribution in [-0.2, 0) is 19.6 Å². The fraction of sp³-hybridized carbons (Fsp3) is 0.240. The third kappa shape index (κ3) is 5.42. The summed E-state index contributed by atoms with van der Waals surface area (Å²) in [5.41, 5.74) is 2.39. The summed E-state index contributed by atoms with van der Waals surface area (Å²) in [4.78, 5) is 12.9. The van der Waals surface area contributed by atoms with Crippen LogP contribution in [0.1, 0.15) is 6.92 Å². The average Bonchev–Trinajstić information content (AvgIpc) is 2.86. The summed E-state index contributed by atoms with van der Waals surface area (Å²) in [6, 6.07) is 23.5. The topological polar surface area (TPSA) is 84.9 Å². The molecule has 3 aromatic carbocycles. The largest absolute Gasteiger partial charge is 0.480 e. The summed E-state index contributed by atoms with van der Waals surface area (Å²) in [5, 5.41) is 2.79. The predicted octanol–water partition coefficient (Wildman–Crippen LogP) is 3.78. The van der Waals surface area contributed by atoms with Gasteiger partial charge in [-0.2, -0.15) is 4.31 Å². The maximum atomic E-state index is 12.7. The van der Waals surface area contributed by atoms with Gasteiger partial charge in [0.2, 0.25) is 10.0 Å². The smallest absolute Gasteiger partial charge is 0.265 e. The second-order valence-corrected chi connectivity index (χ2v) is 9.59. The summed E-state index contributed by atoms with van der Waals surface area (Å²) in [7, 11) is -3.58. The maximum Gasteiger partial charge on any atom is 0.265 e. The van der Waals surface area contributed by atoms with E-state index in [9.17, 15) is 13.2 Å². The lowest BCUT2D eigenvalue weighted by molar-refractivity contribution is -0.122. The molecule has 172 valence electrons. The van der Waals surface area contributed by atoms with Gasteiger partial charge in [0.05, 0.1) is 18.1 Å². The number of sulfonamides is 1. The van der Waals surface area contributed by atoms with E-state index in [1.54, 1.807) is 19.1 Å². The van der Waals surface area contributed by atoms with E-state index in [0.29, 0.717) is 37.7 Å². The van der Waals surface area contributed by atoms with E-state index in [1.807, 2.05) is 54.6 Å². The minimum atomic E-state index is -3.58. The number of ether oxygens (including phenoxy) is 2. The molecular weight excluding hydrogens is 440 g/mol. The number of anilines is 1. The van der Waals surface area contributed by atoms with E-state index in [0.717, 1.165) is 11.1 Å². The molecule has 1 atom stereocenters. The molecular formula is C25H26N2O5S. The summed E-state index contributed by atoms with van der Waals surface area (Å²) < 4.78 is 38.1. The van der Waals surface area contributed by atoms with Crippen LogP contribution in [0.5, 0.6) is 5.75 Å². The molecule has 1 fully saturated rings. The van der Waals surface area contributed by atoms with Gasteiger partial charge in [-0.1, -0.05) is 48.5 Å². The van der Waals surface area contributed by atoms with Crippen molar-refractivity contribution in [1.82, 2.24) is 4.31 Å². The molecule has 0 aromatic heterocycles. The molecule has 1 heterocycles. The number of para-hydroxylation sites is 1. The molecule has 0 unspecified atom stereocenters. The average molecular weight is 467 g/mol. The number of nitrogens with one attached hydrogen (secondary N) is 1. The van der Waals surface area contributed by atoms with E-state index >= 15 is 0 Å². The first kappa shape index (κ1) is 23.0. The Hall–Kier alpha value is -3.20. The number of hydrogen-bond donors (Lipinski definition) is 1. The zero-order chi connectivity index (χ0) is 23.3. The Morgan fingerprint density at radius 2 is 1.58 bits per heavy atom. The number of carbonyl (C=O) groups is 1. The van der Waals surface area contributed by atoms with Crippen molar-refractivity contribution in [1.29, 1.82) is 0 Å². The van der Waals surface area contributed by atoms with Crippen molar-refractivity contribution in [3.63, 3.8) is 0 Å². The van der Waals surface area contributed by atoms with Gasteiger partial charge in [0, 0.05) is 24.3 Å². The SMILES string of the molecule is C[C@@H](Oc1ccccc1-c1ccccc1)C(=O)Nc1ccc(S(=O)(=O)N2CCOCC2)cc1. The predicted molar refractivity (Wildman–Crippen MR) is 127 cm³/mol. The van der Waals surface area contributed by atoms with Crippen LogP contribution < -0.4 is 10.1 Å². The quantitative estimate of drug-likeness (QED) is 0.573. The first-order valence-corrected chi connectivity index (χ1v) is 12.2. The molecule has 1 aliphatic rings. The minimum absolute atomic E-state index is 0.184. The van der Waals surface area contributed by atoms with Crippen LogP contribution >= 0.6 is 0 Å². The normalized spacial score (nSPS) is 15.5. The van der Waals surface area contributed by atoms with Crippen molar-refractivity contribution in [2.75, 3.05) is 31.6 Å². The number of benzene rings is 3. The highest BCUT2D eigenvalue weighted by atomic mass is 32.2. The molecule has 8 heteroatoms. The van der Waals surface area contributed by atoms with Crippen LogP contribution in [0.25, 0.3) is 11.1 Å². The molecule has 33 heavy (non-hydrogen) atoms. The molecule has 0 radical (unpaired) electrons. The number of rotatable bonds is 7. The van der Waals surface area contributed by atoms with Crippen molar-refractivity contribution < 1.29 is 22.7 Å². The van der Waals surface area contributed by atoms with Gasteiger partial charge in [-0.05, 0) is 42.8 Å². The fourth-order valence-electron chi connectivity index (χ4n) is 3.56. The molecule has 4 rings (SSSR count). The lowest BCUT2D eigenvalue weighted by Crippen LogP contribution is -2.40. The highest BCUT2D eigenvalue weighted by molar-refractivity contribution is 7.89. The second kappa shape index (κ2) is 10.2. The Bertz CT molecular complexity index is 1190. The molecule has 0 bridgehead atoms. The van der Waals surface area contributed by atoms with Crippen LogP contribution in [0.15, 0.2) is 83.8 Å². The maximum absolute atomic E-state index is 12.7. The molecule has 1 saturated heterocycles. The standard InChI is InChI=1S/C25H26N2O5S/c1-19(32-24-10-6-5-9-23(24)20-7-3-2-4-8-20)25(28)26-21-11-13-22(14-12-21)33(29,30)27-15-17-31-18-16-27/h2-14,19H,15-18H2,1H3,(H,26,28)/t19-/m1/s1. The molecule has 3 aromatic rings. The van der Waals surface area contributed by atoms with E-state index in [1.165, 1.54) is 16.4 Å². The minimum Gasteiger partial charge on any atom is -0.480 e. The molecule has 1 aliphatic heterocycles. The van der Waals surface area contributed by atoms with Gasteiger partial charge in [0.25, 0.3) is 5.91 Å². The Morgan fingerprint density at radius 1 is 0.939 bits per heavy atom. The highest BCUT2D eigenvalue weighted by Crippen LogP contribution is 2.30. The van der Waals surface area contributed by atoms with E-state index in [2.05, 4.69) is 5.32 Å². The highest BCUT2D eigenvalue weighted by Gasteiger charge is 2.26. The third-order valence-corrected chi connectivity index (χ3v) is 7.29. The molecule has 0 aliphatic carbocycles. The van der Waals surface area contributed by atoms with Crippen molar-refractivity contribution >= 4 is 21.6 Å². The Kier molecular flexibility index (Phi) is 7.08. The summed E-state index contributed by atoms with van der Waals surface area (Å²) in [6.07, 6.45) is -0.758. The van der Waals surface area contributed by atoms with Gasteiger partial charge >= 0.3 is 0 Å². The zero-order valence-corrected chi connectivity index (χ0v) is 19.1. The number of nitrogens with zero attached hydrogens (tertiary/aromatic N) is 1. The number of morpholine rings is 1. The van der Waals surface area contributed by atoms with Crippen molar-refractivity contribution in [2.45, 2.75) is 17.9 Å². The van der Waals surface area contributed by atoms with Crippen LogP contribution in [0.2, 0.25) is 0 Å². The van der Waals surface area contributed by atoms with Crippen molar-refractivity contribution in [3.8, 4) is 16.9 Å². The molecule has 1 amide bonds. The van der Waals surface area contributed by atoms with Crippen LogP contribution in [0, 0.1) is 0 Å². The van der Waals surface area contributed by atoms with Crippen LogP contribution in [0.3, 0.4) is 0 Å². The number of carbonyl (C=O) groups excluding carboxylic acids is 1. The Balaban J connectivity index is 1.42. The molecule has 1 N–H and O–H groups in total. The van der Waals surface area contributed by atoms with Crippen molar-refractivity contribution in [3.05, 3.63) is 78.9 Å². The first-order valence-electron chi connectivity index (χ1n) is 10.7. The number of amides is 1. The molecule has 7 nitrogen and oxygen atoms in total. The van der Waals surface area contributed by atoms with Gasteiger partial charge in [-0.15, -0.1) is 0 Å². The van der Waals surface area contributed by atoms with Gasteiger partial charge in [0.15, 0.2) is 6.10 Å². The lowest BCUT2D eigenvalue weighted by Gasteiger charge is -2.26. The van der Waals surface area contributed by atoms with E-state index < -0.39 is 16.1 Å². The molecule has 0 spiro atoms. The monoisotopic (exact) mass is 466 g/mol. The second-order valence-electron chi connectivity index (χ2n) is 7.65. The summed E-state index contributed by atoms with van der Waals surface area (Å²) in [5.74, 6) is 0.278. The van der Waals surface area contributed by atoms with Gasteiger partial charge in [-0.25, -0.2) is 8.42 Å². The van der Waals surface area contributed by atoms with Gasteiger partial charge < -0.3 is 14.8 Å². The Morgan fingerprint density at radius 3 is 2.27 bits per heavy atom. The zero-order valence-electron chi connectivity index (χ0n) is 18.3. The summed E-state index contributed by atoms with van der Waals surface area (Å²) >= 11 is 0. The summed E-state index contributed by atoms with van der Waals surface area (Å²) in [6.45, 7) is 3.12.